The van der Waals surface area contributed by atoms with E-state index >= 15 is 0 Å². The Labute approximate surface area is 110 Å². The van der Waals surface area contributed by atoms with Gasteiger partial charge in [-0.05, 0) is 32.4 Å². The van der Waals surface area contributed by atoms with Gasteiger partial charge in [0.05, 0.1) is 13.0 Å². The Morgan fingerprint density at radius 2 is 2.22 bits per heavy atom. The normalized spacial score (nSPS) is 11.2. The molecule has 0 radical (unpaired) electrons. The lowest BCUT2D eigenvalue weighted by molar-refractivity contribution is -0.142. The van der Waals surface area contributed by atoms with E-state index in [1.54, 1.807) is 19.1 Å². The van der Waals surface area contributed by atoms with E-state index in [1.807, 2.05) is 6.92 Å². The average molecular weight is 271 g/mol. The molecule has 0 aliphatic rings. The fourth-order valence-electron chi connectivity index (χ4n) is 1.10. The number of rotatable bonds is 6. The highest BCUT2D eigenvalue weighted by atomic mass is 35.5. The predicted molar refractivity (Wildman–Crippen MR) is 69.6 cm³/mol. The third kappa shape index (κ3) is 5.58. The van der Waals surface area contributed by atoms with Crippen LogP contribution < -0.4 is 5.43 Å². The lowest BCUT2D eigenvalue weighted by Gasteiger charge is -2.02. The number of hydrogen-bond donors (Lipinski definition) is 1. The maximum atomic E-state index is 11.1. The van der Waals surface area contributed by atoms with Gasteiger partial charge in [-0.15, -0.1) is 10.2 Å². The van der Waals surface area contributed by atoms with Gasteiger partial charge in [0.25, 0.3) is 0 Å². The molecule has 1 aromatic rings. The molecule has 1 N–H and O–H groups in total. The molecule has 0 unspecified atom stereocenters. The second kappa shape index (κ2) is 7.60. The van der Waals surface area contributed by atoms with Crippen LogP contribution in [-0.4, -0.2) is 28.5 Å². The Bertz CT molecular complexity index is 420. The van der Waals surface area contributed by atoms with Crippen molar-refractivity contribution >= 4 is 29.1 Å². The number of ether oxygens (including phenoxy) is 1. The third-order valence-corrected chi connectivity index (χ3v) is 2.19. The number of aromatic nitrogens is 2. The van der Waals surface area contributed by atoms with Gasteiger partial charge in [-0.2, -0.15) is 5.10 Å². The van der Waals surface area contributed by atoms with E-state index in [0.717, 1.165) is 5.71 Å². The zero-order valence-electron chi connectivity index (χ0n) is 10.3. The molecule has 98 valence electrons. The Balaban J connectivity index is 2.37. The summed E-state index contributed by atoms with van der Waals surface area (Å²) < 4.78 is 4.82. The molecule has 0 bridgehead atoms. The number of nitrogens with zero attached hydrogens (tertiary/aromatic N) is 3. The number of carbonyl (C=O) groups is 1. The second-order valence-corrected chi connectivity index (χ2v) is 3.89. The van der Waals surface area contributed by atoms with Crippen LogP contribution in [0.15, 0.2) is 17.2 Å². The van der Waals surface area contributed by atoms with Gasteiger partial charge in [0.1, 0.15) is 0 Å². The number of hydrogen-bond acceptors (Lipinski definition) is 6. The highest BCUT2D eigenvalue weighted by molar-refractivity contribution is 6.29. The summed E-state index contributed by atoms with van der Waals surface area (Å²) in [5.41, 5.74) is 3.51. The molecule has 0 saturated carbocycles. The van der Waals surface area contributed by atoms with Crippen molar-refractivity contribution in [3.8, 4) is 0 Å². The smallest absolute Gasteiger partial charge is 0.306 e. The standard InChI is InChI=1S/C11H15ClN4O2/c1-3-18-11(17)7-4-8(2)13-15-10-6-5-9(12)14-16-10/h5-6H,3-4,7H2,1-2H3,(H,15,16)/b13-8+. The Morgan fingerprint density at radius 1 is 1.44 bits per heavy atom. The molecule has 0 aliphatic heterocycles. The summed E-state index contributed by atoms with van der Waals surface area (Å²) in [6.45, 7) is 3.99. The first-order valence-electron chi connectivity index (χ1n) is 5.56. The lowest BCUT2D eigenvalue weighted by Crippen LogP contribution is -2.07. The van der Waals surface area contributed by atoms with Crippen molar-refractivity contribution in [1.29, 1.82) is 0 Å². The van der Waals surface area contributed by atoms with Crippen molar-refractivity contribution in [2.24, 2.45) is 5.10 Å². The number of nitrogens with one attached hydrogen (secondary N) is 1. The Kier molecular flexibility index (Phi) is 6.07. The summed E-state index contributed by atoms with van der Waals surface area (Å²) in [6.07, 6.45) is 0.851. The molecule has 0 atom stereocenters. The van der Waals surface area contributed by atoms with Gasteiger partial charge in [0.15, 0.2) is 11.0 Å². The summed E-state index contributed by atoms with van der Waals surface area (Å²) in [5.74, 6) is 0.271. The molecular weight excluding hydrogens is 256 g/mol. The van der Waals surface area contributed by atoms with Gasteiger partial charge in [0, 0.05) is 5.71 Å². The second-order valence-electron chi connectivity index (χ2n) is 3.51. The maximum Gasteiger partial charge on any atom is 0.306 e. The van der Waals surface area contributed by atoms with Crippen molar-refractivity contribution in [3.63, 3.8) is 0 Å². The van der Waals surface area contributed by atoms with E-state index < -0.39 is 0 Å². The summed E-state index contributed by atoms with van der Waals surface area (Å²) in [6, 6.07) is 3.28. The zero-order chi connectivity index (χ0) is 13.4. The monoisotopic (exact) mass is 270 g/mol. The molecule has 0 aliphatic carbocycles. The van der Waals surface area contributed by atoms with Crippen molar-refractivity contribution < 1.29 is 9.53 Å². The first-order chi connectivity index (χ1) is 8.61. The van der Waals surface area contributed by atoms with Crippen LogP contribution in [0.3, 0.4) is 0 Å². The van der Waals surface area contributed by atoms with Crippen LogP contribution in [0.5, 0.6) is 0 Å². The molecule has 7 heteroatoms. The minimum absolute atomic E-state index is 0.224. The summed E-state index contributed by atoms with van der Waals surface area (Å²) >= 11 is 5.60. The van der Waals surface area contributed by atoms with Crippen LogP contribution in [0.2, 0.25) is 5.15 Å². The van der Waals surface area contributed by atoms with E-state index in [0.29, 0.717) is 30.4 Å². The minimum Gasteiger partial charge on any atom is -0.466 e. The first kappa shape index (κ1) is 14.4. The number of hydrazone groups is 1. The Hall–Kier alpha value is -1.69. The van der Waals surface area contributed by atoms with Gasteiger partial charge < -0.3 is 4.74 Å². The van der Waals surface area contributed by atoms with Crippen molar-refractivity contribution in [3.05, 3.63) is 17.3 Å². The van der Waals surface area contributed by atoms with E-state index in [1.165, 1.54) is 0 Å². The Morgan fingerprint density at radius 3 is 2.83 bits per heavy atom. The predicted octanol–water partition coefficient (Wildman–Crippen LogP) is 2.26. The lowest BCUT2D eigenvalue weighted by atomic mass is 10.2. The van der Waals surface area contributed by atoms with E-state index in [9.17, 15) is 4.79 Å². The third-order valence-electron chi connectivity index (χ3n) is 1.99. The van der Waals surface area contributed by atoms with Gasteiger partial charge >= 0.3 is 5.97 Å². The van der Waals surface area contributed by atoms with Crippen molar-refractivity contribution in [1.82, 2.24) is 10.2 Å². The SMILES string of the molecule is CCOC(=O)CC/C(C)=N/Nc1ccc(Cl)nn1. The first-order valence-corrected chi connectivity index (χ1v) is 5.93. The molecule has 1 heterocycles. The topological polar surface area (TPSA) is 76.5 Å². The quantitative estimate of drug-likeness (QED) is 0.487. The minimum atomic E-state index is -0.224. The molecule has 0 fully saturated rings. The van der Waals surface area contributed by atoms with E-state index in [2.05, 4.69) is 20.7 Å². The molecular formula is C11H15ClN4O2. The summed E-state index contributed by atoms with van der Waals surface area (Å²) in [4.78, 5) is 11.1. The average Bonchev–Trinajstić information content (AvgIpc) is 2.36. The van der Waals surface area contributed by atoms with Gasteiger partial charge in [-0.3, -0.25) is 10.2 Å². The molecule has 0 aromatic carbocycles. The maximum absolute atomic E-state index is 11.1. The summed E-state index contributed by atoms with van der Waals surface area (Å²) in [5, 5.41) is 11.8. The molecule has 1 aromatic heterocycles. The van der Waals surface area contributed by atoms with E-state index in [-0.39, 0.29) is 5.97 Å². The van der Waals surface area contributed by atoms with Gasteiger partial charge in [-0.25, -0.2) is 0 Å². The molecule has 0 spiro atoms. The fraction of sp³-hybridized carbons (Fsp3) is 0.455. The number of halogens is 1. The molecule has 0 saturated heterocycles. The van der Waals surface area contributed by atoms with Crippen LogP contribution in [0.4, 0.5) is 5.82 Å². The van der Waals surface area contributed by atoms with Crippen molar-refractivity contribution in [2.45, 2.75) is 26.7 Å². The summed E-state index contributed by atoms with van der Waals surface area (Å²) in [7, 11) is 0. The van der Waals surface area contributed by atoms with Crippen LogP contribution >= 0.6 is 11.6 Å². The molecule has 0 amide bonds. The van der Waals surface area contributed by atoms with Crippen LogP contribution in [0, 0.1) is 0 Å². The number of esters is 1. The van der Waals surface area contributed by atoms with Gasteiger partial charge in [0.2, 0.25) is 0 Å². The molecule has 18 heavy (non-hydrogen) atoms. The van der Waals surface area contributed by atoms with Crippen LogP contribution in [-0.2, 0) is 9.53 Å². The van der Waals surface area contributed by atoms with Crippen LogP contribution in [0.1, 0.15) is 26.7 Å². The highest BCUT2D eigenvalue weighted by Crippen LogP contribution is 2.06. The van der Waals surface area contributed by atoms with Crippen LogP contribution in [0.25, 0.3) is 0 Å². The zero-order valence-corrected chi connectivity index (χ0v) is 11.1. The number of carbonyl (C=O) groups excluding carboxylic acids is 1. The largest absolute Gasteiger partial charge is 0.466 e. The highest BCUT2D eigenvalue weighted by Gasteiger charge is 2.02. The molecule has 1 rings (SSSR count). The molecule has 6 nitrogen and oxygen atoms in total. The fourth-order valence-corrected chi connectivity index (χ4v) is 1.20. The number of anilines is 1. The van der Waals surface area contributed by atoms with Gasteiger partial charge in [-0.1, -0.05) is 11.6 Å². The van der Waals surface area contributed by atoms with E-state index in [4.69, 9.17) is 16.3 Å². The van der Waals surface area contributed by atoms with Crippen molar-refractivity contribution in [2.75, 3.05) is 12.0 Å².